The van der Waals surface area contributed by atoms with E-state index in [4.69, 9.17) is 0 Å². The van der Waals surface area contributed by atoms with Crippen molar-refractivity contribution in [3.8, 4) is 5.75 Å². The van der Waals surface area contributed by atoms with Gasteiger partial charge in [0.2, 0.25) is 0 Å². The van der Waals surface area contributed by atoms with Crippen LogP contribution < -0.4 is 5.32 Å². The molecule has 2 N–H and O–H groups in total. The number of aromatic nitrogens is 1. The van der Waals surface area contributed by atoms with Crippen molar-refractivity contribution in [3.63, 3.8) is 0 Å². The Bertz CT molecular complexity index is 738. The summed E-state index contributed by atoms with van der Waals surface area (Å²) in [5.41, 5.74) is 3.45. The van der Waals surface area contributed by atoms with E-state index in [0.717, 1.165) is 17.3 Å². The molecule has 0 amide bonds. The first kappa shape index (κ1) is 13.6. The van der Waals surface area contributed by atoms with E-state index in [9.17, 15) is 5.11 Å². The first-order valence-electron chi connectivity index (χ1n) is 7.06. The number of hydrogen-bond acceptors (Lipinski definition) is 3. The standard InChI is InChI=1S/C18H18N2O/c1-19-18(11-13-4-7-16(21)8-5-13)15-6-9-17-14(12-15)3-2-10-20-17/h2-10,12,18-19,21H,11H2,1H3. The molecule has 3 nitrogen and oxygen atoms in total. The van der Waals surface area contributed by atoms with E-state index in [1.807, 2.05) is 31.4 Å². The van der Waals surface area contributed by atoms with Gasteiger partial charge in [0.25, 0.3) is 0 Å². The molecule has 0 aliphatic heterocycles. The summed E-state index contributed by atoms with van der Waals surface area (Å²) in [6, 6.07) is 18.0. The van der Waals surface area contributed by atoms with Crippen LogP contribution in [0.15, 0.2) is 60.8 Å². The van der Waals surface area contributed by atoms with Crippen LogP contribution in [-0.2, 0) is 6.42 Å². The van der Waals surface area contributed by atoms with Crippen molar-refractivity contribution >= 4 is 10.9 Å². The van der Waals surface area contributed by atoms with E-state index in [1.165, 1.54) is 11.1 Å². The molecule has 0 saturated heterocycles. The van der Waals surface area contributed by atoms with Crippen LogP contribution in [-0.4, -0.2) is 17.1 Å². The van der Waals surface area contributed by atoms with Crippen molar-refractivity contribution in [1.82, 2.24) is 10.3 Å². The third-order valence-corrected chi connectivity index (χ3v) is 3.75. The Balaban J connectivity index is 1.88. The molecular weight excluding hydrogens is 260 g/mol. The summed E-state index contributed by atoms with van der Waals surface area (Å²) in [6.45, 7) is 0. The Labute approximate surface area is 124 Å². The highest BCUT2D eigenvalue weighted by Crippen LogP contribution is 2.23. The maximum Gasteiger partial charge on any atom is 0.115 e. The molecule has 1 unspecified atom stereocenters. The molecule has 106 valence electrons. The zero-order valence-electron chi connectivity index (χ0n) is 12.0. The van der Waals surface area contributed by atoms with Gasteiger partial charge in [-0.2, -0.15) is 0 Å². The molecule has 0 radical (unpaired) electrons. The largest absolute Gasteiger partial charge is 0.508 e. The number of aromatic hydroxyl groups is 1. The lowest BCUT2D eigenvalue weighted by atomic mass is 9.97. The molecule has 1 aromatic heterocycles. The van der Waals surface area contributed by atoms with E-state index in [2.05, 4.69) is 34.6 Å². The zero-order valence-corrected chi connectivity index (χ0v) is 12.0. The number of fused-ring (bicyclic) bond motifs is 1. The smallest absolute Gasteiger partial charge is 0.115 e. The van der Waals surface area contributed by atoms with E-state index in [-0.39, 0.29) is 6.04 Å². The first-order chi connectivity index (χ1) is 10.3. The van der Waals surface area contributed by atoms with Gasteiger partial charge in [-0.25, -0.2) is 0 Å². The van der Waals surface area contributed by atoms with Crippen molar-refractivity contribution < 1.29 is 5.11 Å². The normalized spacial score (nSPS) is 12.4. The van der Waals surface area contributed by atoms with Crippen LogP contribution in [0.3, 0.4) is 0 Å². The number of phenolic OH excluding ortho intramolecular Hbond substituents is 1. The fraction of sp³-hybridized carbons (Fsp3) is 0.167. The van der Waals surface area contributed by atoms with Crippen molar-refractivity contribution in [2.45, 2.75) is 12.5 Å². The van der Waals surface area contributed by atoms with Crippen LogP contribution >= 0.6 is 0 Å². The predicted octanol–water partition coefficient (Wildman–Crippen LogP) is 3.44. The Hall–Kier alpha value is -2.39. The van der Waals surface area contributed by atoms with E-state index >= 15 is 0 Å². The van der Waals surface area contributed by atoms with Crippen molar-refractivity contribution in [3.05, 3.63) is 71.9 Å². The summed E-state index contributed by atoms with van der Waals surface area (Å²) in [4.78, 5) is 4.35. The number of nitrogens with one attached hydrogen (secondary N) is 1. The third-order valence-electron chi connectivity index (χ3n) is 3.75. The van der Waals surface area contributed by atoms with Gasteiger partial charge in [-0.1, -0.05) is 24.3 Å². The summed E-state index contributed by atoms with van der Waals surface area (Å²) in [6.07, 6.45) is 2.69. The van der Waals surface area contributed by atoms with Gasteiger partial charge in [-0.15, -0.1) is 0 Å². The molecule has 0 fully saturated rings. The lowest BCUT2D eigenvalue weighted by Gasteiger charge is -2.17. The monoisotopic (exact) mass is 278 g/mol. The second kappa shape index (κ2) is 5.94. The SMILES string of the molecule is CNC(Cc1ccc(O)cc1)c1ccc2ncccc2c1. The molecule has 0 saturated carbocycles. The second-order valence-corrected chi connectivity index (χ2v) is 5.17. The topological polar surface area (TPSA) is 45.1 Å². The van der Waals surface area contributed by atoms with Gasteiger partial charge in [0.1, 0.15) is 5.75 Å². The average molecular weight is 278 g/mol. The molecule has 1 atom stereocenters. The first-order valence-corrected chi connectivity index (χ1v) is 7.06. The molecular formula is C18H18N2O. The van der Waals surface area contributed by atoms with Crippen LogP contribution in [0.25, 0.3) is 10.9 Å². The number of nitrogens with zero attached hydrogens (tertiary/aromatic N) is 1. The van der Waals surface area contributed by atoms with Crippen LogP contribution in [0.1, 0.15) is 17.2 Å². The number of hydrogen-bond donors (Lipinski definition) is 2. The molecule has 0 aliphatic carbocycles. The summed E-state index contributed by atoms with van der Waals surface area (Å²) in [5, 5.41) is 13.9. The quantitative estimate of drug-likeness (QED) is 0.768. The maximum atomic E-state index is 9.36. The number of likely N-dealkylation sites (N-methyl/N-ethyl adjacent to an activating group) is 1. The second-order valence-electron chi connectivity index (χ2n) is 5.17. The molecule has 0 spiro atoms. The Morgan fingerprint density at radius 2 is 1.90 bits per heavy atom. The van der Waals surface area contributed by atoms with Gasteiger partial charge in [0.05, 0.1) is 5.52 Å². The van der Waals surface area contributed by atoms with Gasteiger partial charge in [-0.3, -0.25) is 4.98 Å². The van der Waals surface area contributed by atoms with E-state index in [0.29, 0.717) is 5.75 Å². The number of rotatable bonds is 4. The van der Waals surface area contributed by atoms with Crippen LogP contribution in [0.4, 0.5) is 0 Å². The molecule has 3 aromatic rings. The Morgan fingerprint density at radius 3 is 2.67 bits per heavy atom. The van der Waals surface area contributed by atoms with Crippen molar-refractivity contribution in [2.75, 3.05) is 7.05 Å². The minimum atomic E-state index is 0.235. The lowest BCUT2D eigenvalue weighted by Crippen LogP contribution is -2.18. The fourth-order valence-corrected chi connectivity index (χ4v) is 2.57. The molecule has 3 rings (SSSR count). The van der Waals surface area contributed by atoms with Crippen LogP contribution in [0.2, 0.25) is 0 Å². The highest BCUT2D eigenvalue weighted by atomic mass is 16.3. The molecule has 0 aliphatic rings. The molecule has 21 heavy (non-hydrogen) atoms. The molecule has 3 heteroatoms. The van der Waals surface area contributed by atoms with Gasteiger partial charge in [0.15, 0.2) is 0 Å². The molecule has 1 heterocycles. The third kappa shape index (κ3) is 3.03. The Kier molecular flexibility index (Phi) is 3.84. The summed E-state index contributed by atoms with van der Waals surface area (Å²) in [7, 11) is 1.97. The van der Waals surface area contributed by atoms with Gasteiger partial charge in [-0.05, 0) is 54.9 Å². The van der Waals surface area contributed by atoms with Gasteiger partial charge in [0, 0.05) is 17.6 Å². The van der Waals surface area contributed by atoms with E-state index in [1.54, 1.807) is 12.1 Å². The summed E-state index contributed by atoms with van der Waals surface area (Å²) >= 11 is 0. The minimum Gasteiger partial charge on any atom is -0.508 e. The average Bonchev–Trinajstić information content (AvgIpc) is 2.54. The van der Waals surface area contributed by atoms with Crippen molar-refractivity contribution in [1.29, 1.82) is 0 Å². The highest BCUT2D eigenvalue weighted by molar-refractivity contribution is 5.79. The van der Waals surface area contributed by atoms with E-state index < -0.39 is 0 Å². The number of phenols is 1. The van der Waals surface area contributed by atoms with Crippen LogP contribution in [0, 0.1) is 0 Å². The fourth-order valence-electron chi connectivity index (χ4n) is 2.57. The van der Waals surface area contributed by atoms with Gasteiger partial charge >= 0.3 is 0 Å². The number of benzene rings is 2. The van der Waals surface area contributed by atoms with Crippen molar-refractivity contribution in [2.24, 2.45) is 0 Å². The maximum absolute atomic E-state index is 9.36. The van der Waals surface area contributed by atoms with Crippen LogP contribution in [0.5, 0.6) is 5.75 Å². The highest BCUT2D eigenvalue weighted by Gasteiger charge is 2.11. The minimum absolute atomic E-state index is 0.235. The van der Waals surface area contributed by atoms with Gasteiger partial charge < -0.3 is 10.4 Å². The summed E-state index contributed by atoms with van der Waals surface area (Å²) in [5.74, 6) is 0.302. The number of pyridine rings is 1. The zero-order chi connectivity index (χ0) is 14.7. The molecule has 2 aromatic carbocycles. The lowest BCUT2D eigenvalue weighted by molar-refractivity contribution is 0.475. The summed E-state index contributed by atoms with van der Waals surface area (Å²) < 4.78 is 0. The Morgan fingerprint density at radius 1 is 1.10 bits per heavy atom. The predicted molar refractivity (Wildman–Crippen MR) is 85.4 cm³/mol. The molecule has 0 bridgehead atoms.